The number of rotatable bonds is 2. The number of likely N-dealkylation sites (tertiary alicyclic amines) is 2. The van der Waals surface area contributed by atoms with E-state index in [-0.39, 0.29) is 16.9 Å². The predicted molar refractivity (Wildman–Crippen MR) is 79.7 cm³/mol. The Hall–Kier alpha value is -1.14. The number of methoxy groups -OCH3 is 1. The van der Waals surface area contributed by atoms with E-state index in [2.05, 4.69) is 0 Å². The number of nitrogens with zero attached hydrogens (tertiary/aromatic N) is 2. The summed E-state index contributed by atoms with van der Waals surface area (Å²) < 4.78 is 4.94. The van der Waals surface area contributed by atoms with Crippen LogP contribution in [-0.4, -0.2) is 72.7 Å². The number of amides is 2. The number of aliphatic hydroxyl groups excluding tert-OH is 1. The fourth-order valence-electron chi connectivity index (χ4n) is 2.46. The summed E-state index contributed by atoms with van der Waals surface area (Å²) in [5.74, 6) is -0.182. The molecule has 6 heteroatoms. The van der Waals surface area contributed by atoms with E-state index in [1.54, 1.807) is 16.9 Å². The van der Waals surface area contributed by atoms with Crippen LogP contribution >= 0.6 is 0 Å². The van der Waals surface area contributed by atoms with Crippen LogP contribution in [0, 0.1) is 5.41 Å². The van der Waals surface area contributed by atoms with Gasteiger partial charge in [0.1, 0.15) is 6.61 Å². The van der Waals surface area contributed by atoms with Crippen LogP contribution in [0.5, 0.6) is 0 Å². The second-order valence-corrected chi connectivity index (χ2v) is 6.87. The van der Waals surface area contributed by atoms with Gasteiger partial charge in [0.05, 0.1) is 5.60 Å². The second-order valence-electron chi connectivity index (χ2n) is 6.87. The highest BCUT2D eigenvalue weighted by Crippen LogP contribution is 2.39. The van der Waals surface area contributed by atoms with Gasteiger partial charge in [0, 0.05) is 38.7 Å². The molecule has 2 aliphatic rings. The first-order valence-corrected chi connectivity index (χ1v) is 7.38. The Balaban J connectivity index is 0.000000315. The lowest BCUT2D eigenvalue weighted by atomic mass is 9.72. The molecule has 6 nitrogen and oxygen atoms in total. The van der Waals surface area contributed by atoms with Crippen LogP contribution in [0.15, 0.2) is 0 Å². The Labute approximate surface area is 127 Å². The Morgan fingerprint density at radius 3 is 2.10 bits per heavy atom. The van der Waals surface area contributed by atoms with E-state index in [1.807, 2.05) is 20.8 Å². The number of hydrogen-bond acceptors (Lipinski definition) is 4. The molecule has 0 aliphatic carbocycles. The molecule has 2 rings (SSSR count). The zero-order chi connectivity index (χ0) is 16.1. The summed E-state index contributed by atoms with van der Waals surface area (Å²) >= 11 is 0. The third-order valence-corrected chi connectivity index (χ3v) is 4.16. The molecular formula is C15H28N2O4. The van der Waals surface area contributed by atoms with Gasteiger partial charge in [-0.05, 0) is 33.6 Å². The smallest absolute Gasteiger partial charge is 0.248 e. The van der Waals surface area contributed by atoms with Crippen LogP contribution in [0.1, 0.15) is 33.6 Å². The Morgan fingerprint density at radius 1 is 1.29 bits per heavy atom. The van der Waals surface area contributed by atoms with E-state index in [0.717, 1.165) is 45.4 Å². The number of hydrogen-bond donors (Lipinski definition) is 1. The van der Waals surface area contributed by atoms with E-state index < -0.39 is 6.61 Å². The maximum atomic E-state index is 11.1. The Morgan fingerprint density at radius 2 is 1.76 bits per heavy atom. The summed E-state index contributed by atoms with van der Waals surface area (Å²) in [4.78, 5) is 25.1. The van der Waals surface area contributed by atoms with Crippen LogP contribution in [0.4, 0.5) is 0 Å². The van der Waals surface area contributed by atoms with Gasteiger partial charge in [-0.25, -0.2) is 0 Å². The molecule has 2 fully saturated rings. The third-order valence-electron chi connectivity index (χ3n) is 4.16. The highest BCUT2D eigenvalue weighted by atomic mass is 16.5. The molecule has 0 aromatic rings. The average Bonchev–Trinajstić information content (AvgIpc) is 2.44. The van der Waals surface area contributed by atoms with Gasteiger partial charge in [0.25, 0.3) is 0 Å². The van der Waals surface area contributed by atoms with Crippen molar-refractivity contribution in [3.63, 3.8) is 0 Å². The lowest BCUT2D eigenvalue weighted by molar-refractivity contribution is -0.150. The van der Waals surface area contributed by atoms with Crippen molar-refractivity contribution in [3.05, 3.63) is 0 Å². The molecule has 0 unspecified atom stereocenters. The maximum absolute atomic E-state index is 11.1. The van der Waals surface area contributed by atoms with Gasteiger partial charge in [-0.15, -0.1) is 0 Å². The normalized spacial score (nSPS) is 20.4. The minimum absolute atomic E-state index is 0.0417. The van der Waals surface area contributed by atoms with Crippen LogP contribution in [0.25, 0.3) is 0 Å². The summed E-state index contributed by atoms with van der Waals surface area (Å²) in [6.07, 6.45) is 2.84. The van der Waals surface area contributed by atoms with Crippen molar-refractivity contribution in [1.29, 1.82) is 0 Å². The second kappa shape index (κ2) is 7.22. The van der Waals surface area contributed by atoms with Crippen LogP contribution in [-0.2, 0) is 14.3 Å². The molecule has 0 bridgehead atoms. The van der Waals surface area contributed by atoms with Crippen molar-refractivity contribution >= 4 is 12.3 Å². The Bertz CT molecular complexity index is 349. The Kier molecular flexibility index (Phi) is 6.16. The first-order valence-electron chi connectivity index (χ1n) is 7.38. The fraction of sp³-hybridized carbons (Fsp3) is 0.867. The van der Waals surface area contributed by atoms with Gasteiger partial charge in [0.2, 0.25) is 12.3 Å². The number of carbonyl (C=O) groups is 2. The van der Waals surface area contributed by atoms with Gasteiger partial charge in [-0.1, -0.05) is 0 Å². The summed E-state index contributed by atoms with van der Waals surface area (Å²) in [5, 5.41) is 8.69. The SMILES string of the molecule is COC(C)(C)C.O=CN1CCC2(CC1)CN(C(=O)CO)C2. The van der Waals surface area contributed by atoms with E-state index in [1.165, 1.54) is 0 Å². The molecule has 2 saturated heterocycles. The highest BCUT2D eigenvalue weighted by Gasteiger charge is 2.46. The number of carbonyl (C=O) groups excluding carboxylic acids is 2. The molecule has 21 heavy (non-hydrogen) atoms. The van der Waals surface area contributed by atoms with Gasteiger partial charge in [0.15, 0.2) is 0 Å². The van der Waals surface area contributed by atoms with Gasteiger partial charge in [-0.3, -0.25) is 9.59 Å². The molecule has 1 spiro atoms. The van der Waals surface area contributed by atoms with E-state index in [9.17, 15) is 9.59 Å². The molecule has 0 saturated carbocycles. The summed E-state index contributed by atoms with van der Waals surface area (Å²) in [5.41, 5.74) is 0.268. The maximum Gasteiger partial charge on any atom is 0.248 e. The van der Waals surface area contributed by atoms with E-state index in [0.29, 0.717) is 0 Å². The topological polar surface area (TPSA) is 70.1 Å². The minimum atomic E-state index is -0.392. The fourth-order valence-corrected chi connectivity index (χ4v) is 2.46. The van der Waals surface area contributed by atoms with Crippen molar-refractivity contribution < 1.29 is 19.4 Å². The standard InChI is InChI=1S/C10H16N2O3.C5H12O/c13-5-9(15)12-6-10(7-12)1-3-11(8-14)4-2-10;1-5(2,3)6-4/h8,13H,1-7H2;1-4H3. The van der Waals surface area contributed by atoms with Crippen LogP contribution in [0.2, 0.25) is 0 Å². The van der Waals surface area contributed by atoms with Crippen LogP contribution in [0.3, 0.4) is 0 Å². The highest BCUT2D eigenvalue weighted by molar-refractivity contribution is 5.78. The summed E-state index contributed by atoms with van der Waals surface area (Å²) in [6.45, 7) is 8.76. The largest absolute Gasteiger partial charge is 0.387 e. The lowest BCUT2D eigenvalue weighted by Crippen LogP contribution is -2.62. The van der Waals surface area contributed by atoms with Crippen LogP contribution < -0.4 is 0 Å². The first-order chi connectivity index (χ1) is 9.75. The first kappa shape index (κ1) is 17.9. The molecule has 122 valence electrons. The molecule has 2 amide bonds. The van der Waals surface area contributed by atoms with Crippen molar-refractivity contribution in [2.75, 3.05) is 39.9 Å². The third kappa shape index (κ3) is 5.28. The van der Waals surface area contributed by atoms with Gasteiger partial charge >= 0.3 is 0 Å². The molecule has 0 radical (unpaired) electrons. The number of aliphatic hydroxyl groups is 1. The van der Waals surface area contributed by atoms with Crippen molar-refractivity contribution in [2.45, 2.75) is 39.2 Å². The lowest BCUT2D eigenvalue weighted by Gasteiger charge is -2.53. The quantitative estimate of drug-likeness (QED) is 0.754. The van der Waals surface area contributed by atoms with Crippen molar-refractivity contribution in [3.8, 4) is 0 Å². The molecule has 1 N–H and O–H groups in total. The zero-order valence-electron chi connectivity index (χ0n) is 13.6. The monoisotopic (exact) mass is 300 g/mol. The van der Waals surface area contributed by atoms with Crippen molar-refractivity contribution in [1.82, 2.24) is 9.80 Å². The number of ether oxygens (including phenoxy) is 1. The molecule has 0 aromatic carbocycles. The summed E-state index contributed by atoms with van der Waals surface area (Å²) in [6, 6.07) is 0. The minimum Gasteiger partial charge on any atom is -0.387 e. The molecule has 0 atom stereocenters. The van der Waals surface area contributed by atoms with E-state index >= 15 is 0 Å². The average molecular weight is 300 g/mol. The van der Waals surface area contributed by atoms with Gasteiger partial charge in [-0.2, -0.15) is 0 Å². The molecular weight excluding hydrogens is 272 g/mol. The molecule has 2 aliphatic heterocycles. The number of piperidine rings is 1. The van der Waals surface area contributed by atoms with E-state index in [4.69, 9.17) is 9.84 Å². The van der Waals surface area contributed by atoms with Gasteiger partial charge < -0.3 is 19.6 Å². The molecule has 2 heterocycles. The predicted octanol–water partition coefficient (Wildman–Crippen LogP) is 0.491. The molecule has 0 aromatic heterocycles. The summed E-state index contributed by atoms with van der Waals surface area (Å²) in [7, 11) is 1.71. The van der Waals surface area contributed by atoms with Crippen molar-refractivity contribution in [2.24, 2.45) is 5.41 Å². The zero-order valence-corrected chi connectivity index (χ0v) is 13.6.